The Kier molecular flexibility index (Phi) is 4.96. The Morgan fingerprint density at radius 1 is 1.05 bits per heavy atom. The van der Waals surface area contributed by atoms with Crippen LogP contribution < -0.4 is 0 Å². The summed E-state index contributed by atoms with van der Waals surface area (Å²) in [6, 6.07) is 17.7. The zero-order valence-corrected chi connectivity index (χ0v) is 11.5. The van der Waals surface area contributed by atoms with Gasteiger partial charge in [0.25, 0.3) is 0 Å². The van der Waals surface area contributed by atoms with E-state index >= 15 is 0 Å². The highest BCUT2D eigenvalue weighted by Gasteiger charge is 2.18. The Balaban J connectivity index is 2.12. The topological polar surface area (TPSA) is 54.4 Å². The van der Waals surface area contributed by atoms with Gasteiger partial charge in [-0.15, -0.1) is 0 Å². The molecule has 2 rings (SSSR count). The third-order valence-electron chi connectivity index (χ3n) is 2.98. The first kappa shape index (κ1) is 14.3. The van der Waals surface area contributed by atoms with Gasteiger partial charge in [-0.05, 0) is 23.1 Å². The summed E-state index contributed by atoms with van der Waals surface area (Å²) in [6.45, 7) is 0. The lowest BCUT2D eigenvalue weighted by atomic mass is 10.0. The maximum atomic E-state index is 11.0. The average Bonchev–Trinajstić information content (AvgIpc) is 2.48. The van der Waals surface area contributed by atoms with Crippen molar-refractivity contribution in [1.82, 2.24) is 0 Å². The lowest BCUT2D eigenvalue weighted by Gasteiger charge is -2.09. The van der Waals surface area contributed by atoms with Crippen LogP contribution in [0.2, 0.25) is 0 Å². The lowest BCUT2D eigenvalue weighted by Crippen LogP contribution is -2.19. The van der Waals surface area contributed by atoms with Gasteiger partial charge in [0, 0.05) is 0 Å². The Bertz CT molecular complexity index is 578. The largest absolute Gasteiger partial charge is 0.480 e. The van der Waals surface area contributed by atoms with Gasteiger partial charge in [0.15, 0.2) is 5.62 Å². The Morgan fingerprint density at radius 3 is 2.20 bits per heavy atom. The summed E-state index contributed by atoms with van der Waals surface area (Å²) in [7, 11) is 0. The van der Waals surface area contributed by atoms with Crippen molar-refractivity contribution in [3.05, 3.63) is 60.2 Å². The van der Waals surface area contributed by atoms with Crippen LogP contribution in [-0.4, -0.2) is 21.9 Å². The molecule has 1 N–H and O–H groups in total. The van der Waals surface area contributed by atoms with Crippen LogP contribution in [0.5, 0.6) is 0 Å². The first-order valence-corrected chi connectivity index (χ1v) is 7.11. The second-order valence-corrected chi connectivity index (χ2v) is 5.36. The number of hydrogen-bond donors (Lipinski definition) is 1. The summed E-state index contributed by atoms with van der Waals surface area (Å²) in [5, 5.41) is 8.29. The quantitative estimate of drug-likeness (QED) is 0.828. The van der Waals surface area contributed by atoms with Crippen molar-refractivity contribution in [3.8, 4) is 11.1 Å². The van der Waals surface area contributed by atoms with Crippen LogP contribution >= 0.6 is 11.8 Å². The zero-order chi connectivity index (χ0) is 14.4. The normalized spacial score (nSPS) is 11.8. The van der Waals surface area contributed by atoms with Gasteiger partial charge in [0.05, 0.1) is 0 Å². The molecule has 0 spiro atoms. The molecule has 0 saturated carbocycles. The highest BCUT2D eigenvalue weighted by Crippen LogP contribution is 2.21. The van der Waals surface area contributed by atoms with Gasteiger partial charge in [-0.3, -0.25) is 9.59 Å². The molecule has 0 heterocycles. The van der Waals surface area contributed by atoms with E-state index in [1.807, 2.05) is 54.6 Å². The summed E-state index contributed by atoms with van der Waals surface area (Å²) < 4.78 is 0. The highest BCUT2D eigenvalue weighted by molar-refractivity contribution is 8.12. The molecule has 0 aromatic heterocycles. The molecule has 3 nitrogen and oxygen atoms in total. The van der Waals surface area contributed by atoms with Gasteiger partial charge in [-0.25, -0.2) is 0 Å². The maximum Gasteiger partial charge on any atom is 0.317 e. The summed E-state index contributed by atoms with van der Waals surface area (Å²) in [5.74, 6) is -0.964. The molecule has 4 heteroatoms. The second kappa shape index (κ2) is 6.91. The van der Waals surface area contributed by atoms with E-state index in [1.165, 1.54) is 0 Å². The van der Waals surface area contributed by atoms with Crippen molar-refractivity contribution in [2.75, 3.05) is 0 Å². The summed E-state index contributed by atoms with van der Waals surface area (Å²) in [4.78, 5) is 21.5. The molecule has 0 aliphatic rings. The van der Waals surface area contributed by atoms with Crippen molar-refractivity contribution in [3.63, 3.8) is 0 Å². The van der Waals surface area contributed by atoms with E-state index in [-0.39, 0.29) is 0 Å². The van der Waals surface area contributed by atoms with E-state index in [9.17, 15) is 9.59 Å². The fourth-order valence-electron chi connectivity index (χ4n) is 1.94. The highest BCUT2D eigenvalue weighted by atomic mass is 32.2. The Hall–Kier alpha value is -2.07. The summed E-state index contributed by atoms with van der Waals surface area (Å²) >= 11 is 0.800. The minimum Gasteiger partial charge on any atom is -0.480 e. The molecule has 0 amide bonds. The van der Waals surface area contributed by atoms with Gasteiger partial charge in [-0.1, -0.05) is 66.4 Å². The molecule has 0 radical (unpaired) electrons. The molecule has 2 aromatic rings. The van der Waals surface area contributed by atoms with Gasteiger partial charge in [-0.2, -0.15) is 0 Å². The minimum absolute atomic E-state index is 0.341. The molecule has 0 aliphatic heterocycles. The van der Waals surface area contributed by atoms with Crippen LogP contribution in [0, 0.1) is 0 Å². The van der Waals surface area contributed by atoms with Crippen LogP contribution in [0.4, 0.5) is 0 Å². The van der Waals surface area contributed by atoms with Crippen molar-refractivity contribution in [2.45, 2.75) is 11.7 Å². The summed E-state index contributed by atoms with van der Waals surface area (Å²) in [5.41, 5.74) is 3.70. The number of carboxylic acids is 1. The van der Waals surface area contributed by atoms with Crippen LogP contribution in [0.25, 0.3) is 11.1 Å². The maximum absolute atomic E-state index is 11.0. The van der Waals surface area contributed by atoms with Gasteiger partial charge in [0.2, 0.25) is 0 Å². The molecule has 0 unspecified atom stereocenters. The number of carbonyl (C=O) groups is 2. The number of rotatable bonds is 6. The molecule has 20 heavy (non-hydrogen) atoms. The summed E-state index contributed by atoms with van der Waals surface area (Å²) in [6.07, 6.45) is 0.341. The Morgan fingerprint density at radius 2 is 1.65 bits per heavy atom. The number of benzene rings is 2. The molecule has 0 fully saturated rings. The molecular formula is C16H14O3S. The van der Waals surface area contributed by atoms with Gasteiger partial charge >= 0.3 is 5.97 Å². The van der Waals surface area contributed by atoms with E-state index in [0.29, 0.717) is 12.0 Å². The molecule has 102 valence electrons. The average molecular weight is 286 g/mol. The fraction of sp³-hybridized carbons (Fsp3) is 0.125. The molecule has 2 aromatic carbocycles. The Labute approximate surface area is 121 Å². The van der Waals surface area contributed by atoms with Crippen molar-refractivity contribution in [1.29, 1.82) is 0 Å². The molecule has 0 saturated heterocycles. The lowest BCUT2D eigenvalue weighted by molar-refractivity contribution is -0.136. The van der Waals surface area contributed by atoms with Gasteiger partial charge < -0.3 is 5.11 Å². The first-order valence-electron chi connectivity index (χ1n) is 6.17. The van der Waals surface area contributed by atoms with E-state index < -0.39 is 11.2 Å². The van der Waals surface area contributed by atoms with E-state index in [2.05, 4.69) is 0 Å². The van der Waals surface area contributed by atoms with E-state index in [0.717, 1.165) is 28.5 Å². The number of carbonyl (C=O) groups excluding carboxylic acids is 1. The number of aliphatic carboxylic acids is 1. The van der Waals surface area contributed by atoms with Crippen molar-refractivity contribution < 1.29 is 14.7 Å². The smallest absolute Gasteiger partial charge is 0.317 e. The molecule has 1 atom stereocenters. The van der Waals surface area contributed by atoms with E-state index in [4.69, 9.17) is 5.11 Å². The minimum atomic E-state index is -0.964. The van der Waals surface area contributed by atoms with Crippen molar-refractivity contribution in [2.24, 2.45) is 0 Å². The number of hydrogen-bond acceptors (Lipinski definition) is 3. The first-order chi connectivity index (χ1) is 9.70. The monoisotopic (exact) mass is 286 g/mol. The number of carboxylic acid groups (broad SMARTS) is 1. The van der Waals surface area contributed by atoms with Crippen LogP contribution in [0.15, 0.2) is 54.6 Å². The predicted octanol–water partition coefficient (Wildman–Crippen LogP) is 3.27. The molecule has 0 bridgehead atoms. The van der Waals surface area contributed by atoms with Crippen LogP contribution in [-0.2, 0) is 16.0 Å². The SMILES string of the molecule is O=CS[C@@H](Cc1ccc(-c2ccccc2)cc1)C(=O)O. The van der Waals surface area contributed by atoms with Gasteiger partial charge in [0.1, 0.15) is 5.25 Å². The standard InChI is InChI=1S/C16H14O3S/c17-11-20-15(16(18)19)10-12-6-8-14(9-7-12)13-4-2-1-3-5-13/h1-9,11,15H,10H2,(H,18,19)/t15-/m0/s1. The molecular weight excluding hydrogens is 272 g/mol. The second-order valence-electron chi connectivity index (χ2n) is 4.33. The van der Waals surface area contributed by atoms with Crippen LogP contribution in [0.3, 0.4) is 0 Å². The molecule has 0 aliphatic carbocycles. The third kappa shape index (κ3) is 3.71. The fourth-order valence-corrected chi connectivity index (χ4v) is 2.48. The van der Waals surface area contributed by atoms with Crippen molar-refractivity contribution >= 4 is 23.3 Å². The third-order valence-corrected chi connectivity index (χ3v) is 3.79. The number of thioether (sulfide) groups is 1. The predicted molar refractivity (Wildman–Crippen MR) is 81.3 cm³/mol. The van der Waals surface area contributed by atoms with Crippen LogP contribution in [0.1, 0.15) is 5.56 Å². The zero-order valence-electron chi connectivity index (χ0n) is 10.7. The van der Waals surface area contributed by atoms with E-state index in [1.54, 1.807) is 0 Å².